The van der Waals surface area contributed by atoms with E-state index in [4.69, 9.17) is 0 Å². The monoisotopic (exact) mass is 186 g/mol. The van der Waals surface area contributed by atoms with E-state index in [0.29, 0.717) is 6.04 Å². The van der Waals surface area contributed by atoms with Crippen LogP contribution in [-0.4, -0.2) is 38.6 Å². The highest BCUT2D eigenvalue weighted by Gasteiger charge is 2.06. The minimum Gasteiger partial charge on any atom is -0.317 e. The molecule has 2 nitrogen and oxygen atoms in total. The fourth-order valence-electron chi connectivity index (χ4n) is 1.38. The summed E-state index contributed by atoms with van der Waals surface area (Å²) in [4.78, 5) is 2.25. The van der Waals surface area contributed by atoms with Gasteiger partial charge in [0.15, 0.2) is 0 Å². The third kappa shape index (κ3) is 8.26. The van der Waals surface area contributed by atoms with E-state index in [-0.39, 0.29) is 0 Å². The third-order valence-corrected chi connectivity index (χ3v) is 2.43. The zero-order valence-corrected chi connectivity index (χ0v) is 9.93. The van der Waals surface area contributed by atoms with Gasteiger partial charge in [-0.15, -0.1) is 0 Å². The molecule has 13 heavy (non-hydrogen) atoms. The Morgan fingerprint density at radius 2 is 1.69 bits per heavy atom. The summed E-state index contributed by atoms with van der Waals surface area (Å²) in [5, 5.41) is 3.39. The SMILES string of the molecule is CNC(CCC(C)C)CCN(C)C. The molecule has 0 aliphatic heterocycles. The van der Waals surface area contributed by atoms with E-state index < -0.39 is 0 Å². The van der Waals surface area contributed by atoms with Gasteiger partial charge in [-0.3, -0.25) is 0 Å². The maximum atomic E-state index is 3.39. The van der Waals surface area contributed by atoms with Crippen molar-refractivity contribution in [2.24, 2.45) is 5.92 Å². The molecule has 80 valence electrons. The standard InChI is InChI=1S/C11H26N2/c1-10(2)6-7-11(12-3)8-9-13(4)5/h10-12H,6-9H2,1-5H3. The highest BCUT2D eigenvalue weighted by Crippen LogP contribution is 2.08. The van der Waals surface area contributed by atoms with Gasteiger partial charge in [0.2, 0.25) is 0 Å². The van der Waals surface area contributed by atoms with E-state index in [2.05, 4.69) is 45.2 Å². The van der Waals surface area contributed by atoms with Crippen LogP contribution in [0.2, 0.25) is 0 Å². The molecule has 0 bridgehead atoms. The van der Waals surface area contributed by atoms with Gasteiger partial charge in [-0.1, -0.05) is 13.8 Å². The molecule has 0 amide bonds. The zero-order valence-electron chi connectivity index (χ0n) is 9.93. The molecule has 0 aromatic rings. The molecule has 1 N–H and O–H groups in total. The van der Waals surface area contributed by atoms with Gasteiger partial charge >= 0.3 is 0 Å². The maximum Gasteiger partial charge on any atom is 0.00763 e. The first-order chi connectivity index (χ1) is 6.06. The van der Waals surface area contributed by atoms with Crippen LogP contribution in [-0.2, 0) is 0 Å². The number of nitrogens with zero attached hydrogens (tertiary/aromatic N) is 1. The molecular weight excluding hydrogens is 160 g/mol. The van der Waals surface area contributed by atoms with Crippen molar-refractivity contribution in [3.8, 4) is 0 Å². The fourth-order valence-corrected chi connectivity index (χ4v) is 1.38. The fraction of sp³-hybridized carbons (Fsp3) is 1.00. The molecular formula is C11H26N2. The second-order valence-corrected chi connectivity index (χ2v) is 4.55. The summed E-state index contributed by atoms with van der Waals surface area (Å²) in [6.07, 6.45) is 3.90. The Balaban J connectivity index is 3.51. The average molecular weight is 186 g/mol. The van der Waals surface area contributed by atoms with E-state index in [9.17, 15) is 0 Å². The molecule has 0 fully saturated rings. The van der Waals surface area contributed by atoms with E-state index >= 15 is 0 Å². The van der Waals surface area contributed by atoms with Gasteiger partial charge in [0.1, 0.15) is 0 Å². The lowest BCUT2D eigenvalue weighted by molar-refractivity contribution is 0.346. The van der Waals surface area contributed by atoms with Crippen LogP contribution in [0.1, 0.15) is 33.1 Å². The second-order valence-electron chi connectivity index (χ2n) is 4.55. The smallest absolute Gasteiger partial charge is 0.00763 e. The van der Waals surface area contributed by atoms with Crippen molar-refractivity contribution >= 4 is 0 Å². The second kappa shape index (κ2) is 7.34. The Kier molecular flexibility index (Phi) is 7.29. The molecule has 0 aromatic heterocycles. The van der Waals surface area contributed by atoms with Crippen LogP contribution in [0.15, 0.2) is 0 Å². The molecule has 0 saturated heterocycles. The number of hydrogen-bond donors (Lipinski definition) is 1. The average Bonchev–Trinajstić information content (AvgIpc) is 2.04. The third-order valence-electron chi connectivity index (χ3n) is 2.43. The molecule has 0 heterocycles. The minimum atomic E-state index is 0.699. The lowest BCUT2D eigenvalue weighted by Crippen LogP contribution is -2.29. The molecule has 0 saturated carbocycles. The molecule has 1 atom stereocenters. The van der Waals surface area contributed by atoms with Crippen molar-refractivity contribution in [3.63, 3.8) is 0 Å². The normalized spacial score (nSPS) is 14.1. The summed E-state index contributed by atoms with van der Waals surface area (Å²) in [6.45, 7) is 5.76. The van der Waals surface area contributed by atoms with Crippen LogP contribution in [0.4, 0.5) is 0 Å². The predicted molar refractivity (Wildman–Crippen MR) is 60.1 cm³/mol. The summed E-state index contributed by atoms with van der Waals surface area (Å²) in [5.74, 6) is 0.829. The number of rotatable bonds is 7. The van der Waals surface area contributed by atoms with E-state index in [0.717, 1.165) is 5.92 Å². The summed E-state index contributed by atoms with van der Waals surface area (Å²) < 4.78 is 0. The summed E-state index contributed by atoms with van der Waals surface area (Å²) in [6, 6.07) is 0.699. The summed E-state index contributed by atoms with van der Waals surface area (Å²) in [5.41, 5.74) is 0. The van der Waals surface area contributed by atoms with Gasteiger partial charge in [-0.25, -0.2) is 0 Å². The number of hydrogen-bond acceptors (Lipinski definition) is 2. The van der Waals surface area contributed by atoms with Crippen molar-refractivity contribution in [1.82, 2.24) is 10.2 Å². The highest BCUT2D eigenvalue weighted by molar-refractivity contribution is 4.66. The van der Waals surface area contributed by atoms with Crippen LogP contribution in [0.25, 0.3) is 0 Å². The van der Waals surface area contributed by atoms with Crippen molar-refractivity contribution in [3.05, 3.63) is 0 Å². The topological polar surface area (TPSA) is 15.3 Å². The van der Waals surface area contributed by atoms with Gasteiger partial charge in [0, 0.05) is 6.04 Å². The van der Waals surface area contributed by atoms with E-state index in [1.54, 1.807) is 0 Å². The molecule has 0 spiro atoms. The first-order valence-corrected chi connectivity index (χ1v) is 5.38. The van der Waals surface area contributed by atoms with E-state index in [1.807, 2.05) is 0 Å². The Hall–Kier alpha value is -0.0800. The van der Waals surface area contributed by atoms with Gasteiger partial charge in [-0.2, -0.15) is 0 Å². The molecule has 0 radical (unpaired) electrons. The van der Waals surface area contributed by atoms with Crippen LogP contribution in [0, 0.1) is 5.92 Å². The summed E-state index contributed by atoms with van der Waals surface area (Å²) in [7, 11) is 6.34. The van der Waals surface area contributed by atoms with Crippen molar-refractivity contribution < 1.29 is 0 Å². The number of nitrogens with one attached hydrogen (secondary N) is 1. The minimum absolute atomic E-state index is 0.699. The summed E-state index contributed by atoms with van der Waals surface area (Å²) >= 11 is 0. The zero-order chi connectivity index (χ0) is 10.3. The Morgan fingerprint density at radius 1 is 1.08 bits per heavy atom. The van der Waals surface area contributed by atoms with Gasteiger partial charge in [-0.05, 0) is 52.9 Å². The van der Waals surface area contributed by atoms with Crippen LogP contribution >= 0.6 is 0 Å². The Bertz CT molecular complexity index is 98.7. The first kappa shape index (κ1) is 12.9. The van der Waals surface area contributed by atoms with Crippen LogP contribution in [0.3, 0.4) is 0 Å². The largest absolute Gasteiger partial charge is 0.317 e. The van der Waals surface area contributed by atoms with E-state index in [1.165, 1.54) is 25.8 Å². The van der Waals surface area contributed by atoms with Crippen LogP contribution < -0.4 is 5.32 Å². The molecule has 0 aliphatic carbocycles. The molecule has 0 aromatic carbocycles. The van der Waals surface area contributed by atoms with Gasteiger partial charge < -0.3 is 10.2 Å². The molecule has 1 unspecified atom stereocenters. The molecule has 0 rings (SSSR count). The van der Waals surface area contributed by atoms with Crippen LogP contribution in [0.5, 0.6) is 0 Å². The lowest BCUT2D eigenvalue weighted by atomic mass is 10.0. The Labute approximate surface area is 83.7 Å². The first-order valence-electron chi connectivity index (χ1n) is 5.38. The van der Waals surface area contributed by atoms with Gasteiger partial charge in [0.05, 0.1) is 0 Å². The maximum absolute atomic E-state index is 3.39. The molecule has 2 heteroatoms. The quantitative estimate of drug-likeness (QED) is 0.654. The Morgan fingerprint density at radius 3 is 2.08 bits per heavy atom. The van der Waals surface area contributed by atoms with Crippen molar-refractivity contribution in [1.29, 1.82) is 0 Å². The van der Waals surface area contributed by atoms with Crippen molar-refractivity contribution in [2.45, 2.75) is 39.2 Å². The van der Waals surface area contributed by atoms with Crippen molar-refractivity contribution in [2.75, 3.05) is 27.7 Å². The predicted octanol–water partition coefficient (Wildman–Crippen LogP) is 1.96. The lowest BCUT2D eigenvalue weighted by Gasteiger charge is -2.19. The highest BCUT2D eigenvalue weighted by atomic mass is 15.1. The molecule has 0 aliphatic rings. The van der Waals surface area contributed by atoms with Gasteiger partial charge in [0.25, 0.3) is 0 Å².